The van der Waals surface area contributed by atoms with Gasteiger partial charge in [0.1, 0.15) is 0 Å². The number of hydrogen-bond donors (Lipinski definition) is 1. The summed E-state index contributed by atoms with van der Waals surface area (Å²) in [6.07, 6.45) is 3.08. The Labute approximate surface area is 128 Å². The van der Waals surface area contributed by atoms with Gasteiger partial charge >= 0.3 is 0 Å². The second kappa shape index (κ2) is 6.86. The molecular formula is C19H26N2. The fourth-order valence-electron chi connectivity index (χ4n) is 2.76. The summed E-state index contributed by atoms with van der Waals surface area (Å²) < 4.78 is 0. The van der Waals surface area contributed by atoms with Crippen molar-refractivity contribution in [3.63, 3.8) is 0 Å². The molecule has 1 N–H and O–H groups in total. The van der Waals surface area contributed by atoms with E-state index in [0.29, 0.717) is 0 Å². The van der Waals surface area contributed by atoms with Gasteiger partial charge < -0.3 is 5.32 Å². The normalized spacial score (nSPS) is 12.4. The zero-order chi connectivity index (χ0) is 15.4. The van der Waals surface area contributed by atoms with Gasteiger partial charge in [-0.05, 0) is 68.5 Å². The number of hydrogen-bond acceptors (Lipinski definition) is 2. The molecule has 21 heavy (non-hydrogen) atoms. The van der Waals surface area contributed by atoms with E-state index < -0.39 is 0 Å². The molecule has 2 aromatic rings. The number of pyridine rings is 1. The Bertz CT molecular complexity index is 617. The Kier molecular flexibility index (Phi) is 5.13. The summed E-state index contributed by atoms with van der Waals surface area (Å²) in [6, 6.07) is 8.92. The van der Waals surface area contributed by atoms with E-state index in [2.05, 4.69) is 64.2 Å². The van der Waals surface area contributed by atoms with Gasteiger partial charge in [0.05, 0.1) is 11.7 Å². The summed E-state index contributed by atoms with van der Waals surface area (Å²) >= 11 is 0. The molecule has 0 radical (unpaired) electrons. The lowest BCUT2D eigenvalue weighted by molar-refractivity contribution is 0.581. The molecule has 0 aliphatic heterocycles. The molecule has 1 heterocycles. The maximum atomic E-state index is 4.72. The molecule has 112 valence electrons. The molecule has 1 aromatic heterocycles. The van der Waals surface area contributed by atoms with Crippen molar-refractivity contribution in [1.82, 2.24) is 10.3 Å². The predicted molar refractivity (Wildman–Crippen MR) is 89.8 cm³/mol. The van der Waals surface area contributed by atoms with Gasteiger partial charge in [-0.25, -0.2) is 0 Å². The second-order valence-electron chi connectivity index (χ2n) is 5.89. The molecule has 1 unspecified atom stereocenters. The molecule has 2 nitrogen and oxygen atoms in total. The second-order valence-corrected chi connectivity index (χ2v) is 5.89. The van der Waals surface area contributed by atoms with Gasteiger partial charge in [0.25, 0.3) is 0 Å². The van der Waals surface area contributed by atoms with Crippen LogP contribution in [0.5, 0.6) is 0 Å². The van der Waals surface area contributed by atoms with Gasteiger partial charge in [0.2, 0.25) is 0 Å². The summed E-state index contributed by atoms with van der Waals surface area (Å²) in [7, 11) is 0. The largest absolute Gasteiger partial charge is 0.305 e. The van der Waals surface area contributed by atoms with Crippen LogP contribution in [0.3, 0.4) is 0 Å². The zero-order valence-corrected chi connectivity index (χ0v) is 13.8. The third-order valence-corrected chi connectivity index (χ3v) is 4.08. The van der Waals surface area contributed by atoms with E-state index in [9.17, 15) is 0 Å². The van der Waals surface area contributed by atoms with Crippen LogP contribution < -0.4 is 5.32 Å². The van der Waals surface area contributed by atoms with Crippen LogP contribution >= 0.6 is 0 Å². The summed E-state index contributed by atoms with van der Waals surface area (Å²) in [4.78, 5) is 4.72. The average Bonchev–Trinajstić information content (AvgIpc) is 2.45. The summed E-state index contributed by atoms with van der Waals surface area (Å²) in [5, 5.41) is 3.67. The third-order valence-electron chi connectivity index (χ3n) is 4.08. The minimum absolute atomic E-state index is 0.172. The molecule has 1 aromatic carbocycles. The van der Waals surface area contributed by atoms with Crippen molar-refractivity contribution >= 4 is 0 Å². The Hall–Kier alpha value is -1.67. The van der Waals surface area contributed by atoms with Crippen molar-refractivity contribution in [1.29, 1.82) is 0 Å². The minimum atomic E-state index is 0.172. The maximum absolute atomic E-state index is 4.72. The average molecular weight is 282 g/mol. The van der Waals surface area contributed by atoms with Crippen LogP contribution in [0.15, 0.2) is 30.5 Å². The first-order chi connectivity index (χ1) is 10.0. The van der Waals surface area contributed by atoms with Gasteiger partial charge in [0.15, 0.2) is 0 Å². The third kappa shape index (κ3) is 3.51. The standard InChI is InChI=1S/C19H26N2/c1-6-10-20-19(17-9-7-8-14(3)16(17)5)18-15(4)11-13(2)12-21-18/h7-9,11-12,19-20H,6,10H2,1-5H3. The Morgan fingerprint density at radius 3 is 2.52 bits per heavy atom. The van der Waals surface area contributed by atoms with Crippen molar-refractivity contribution in [3.05, 3.63) is 64.0 Å². The van der Waals surface area contributed by atoms with Crippen LogP contribution in [0.2, 0.25) is 0 Å². The van der Waals surface area contributed by atoms with E-state index >= 15 is 0 Å². The molecule has 0 spiro atoms. The molecule has 0 saturated carbocycles. The monoisotopic (exact) mass is 282 g/mol. The fraction of sp³-hybridized carbons (Fsp3) is 0.421. The van der Waals surface area contributed by atoms with E-state index in [1.54, 1.807) is 0 Å². The number of aromatic nitrogens is 1. The Balaban J connectivity index is 2.49. The van der Waals surface area contributed by atoms with Gasteiger partial charge in [-0.2, -0.15) is 0 Å². The molecule has 0 aliphatic rings. The first-order valence-electron chi connectivity index (χ1n) is 7.77. The number of nitrogens with one attached hydrogen (secondary N) is 1. The van der Waals surface area contributed by atoms with Gasteiger partial charge in [-0.15, -0.1) is 0 Å². The maximum Gasteiger partial charge on any atom is 0.0756 e. The highest BCUT2D eigenvalue weighted by molar-refractivity contribution is 5.41. The highest BCUT2D eigenvalue weighted by Gasteiger charge is 2.19. The van der Waals surface area contributed by atoms with Crippen LogP contribution in [0, 0.1) is 27.7 Å². The molecule has 0 saturated heterocycles. The molecule has 0 amide bonds. The minimum Gasteiger partial charge on any atom is -0.305 e. The zero-order valence-electron chi connectivity index (χ0n) is 13.8. The smallest absolute Gasteiger partial charge is 0.0756 e. The van der Waals surface area contributed by atoms with Crippen molar-refractivity contribution in [3.8, 4) is 0 Å². The number of benzene rings is 1. The lowest BCUT2D eigenvalue weighted by atomic mass is 9.93. The molecule has 0 bridgehead atoms. The molecule has 2 rings (SSSR count). The van der Waals surface area contributed by atoms with E-state index in [4.69, 9.17) is 4.98 Å². The van der Waals surface area contributed by atoms with Gasteiger partial charge in [0, 0.05) is 6.20 Å². The fourth-order valence-corrected chi connectivity index (χ4v) is 2.76. The molecule has 0 fully saturated rings. The quantitative estimate of drug-likeness (QED) is 0.879. The van der Waals surface area contributed by atoms with Crippen LogP contribution in [0.25, 0.3) is 0 Å². The van der Waals surface area contributed by atoms with E-state index in [-0.39, 0.29) is 6.04 Å². The SMILES string of the molecule is CCCNC(c1cccc(C)c1C)c1ncc(C)cc1C. The van der Waals surface area contributed by atoms with Crippen molar-refractivity contribution < 1.29 is 0 Å². The molecular weight excluding hydrogens is 256 g/mol. The molecule has 2 heteroatoms. The van der Waals surface area contributed by atoms with E-state index in [0.717, 1.165) is 18.7 Å². The van der Waals surface area contributed by atoms with Crippen molar-refractivity contribution in [2.24, 2.45) is 0 Å². The van der Waals surface area contributed by atoms with E-state index in [1.165, 1.54) is 27.8 Å². The number of aryl methyl sites for hydroxylation is 3. The first kappa shape index (κ1) is 15.7. The predicted octanol–water partition coefficient (Wildman–Crippen LogP) is 4.40. The lowest BCUT2D eigenvalue weighted by Gasteiger charge is -2.23. The molecule has 1 atom stereocenters. The van der Waals surface area contributed by atoms with Crippen molar-refractivity contribution in [2.45, 2.75) is 47.1 Å². The highest BCUT2D eigenvalue weighted by Crippen LogP contribution is 2.27. The van der Waals surface area contributed by atoms with E-state index in [1.807, 2.05) is 6.20 Å². The molecule has 0 aliphatic carbocycles. The van der Waals surface area contributed by atoms with Crippen LogP contribution in [-0.2, 0) is 0 Å². The van der Waals surface area contributed by atoms with Gasteiger partial charge in [-0.1, -0.05) is 31.2 Å². The van der Waals surface area contributed by atoms with Crippen molar-refractivity contribution in [2.75, 3.05) is 6.54 Å². The van der Waals surface area contributed by atoms with Crippen LogP contribution in [0.1, 0.15) is 52.9 Å². The first-order valence-corrected chi connectivity index (χ1v) is 7.77. The summed E-state index contributed by atoms with van der Waals surface area (Å²) in [5.41, 5.74) is 7.63. The number of nitrogens with zero attached hydrogens (tertiary/aromatic N) is 1. The Morgan fingerprint density at radius 1 is 1.10 bits per heavy atom. The van der Waals surface area contributed by atoms with Crippen LogP contribution in [0.4, 0.5) is 0 Å². The summed E-state index contributed by atoms with van der Waals surface area (Å²) in [5.74, 6) is 0. The van der Waals surface area contributed by atoms with Gasteiger partial charge in [-0.3, -0.25) is 4.98 Å². The number of rotatable bonds is 5. The lowest BCUT2D eigenvalue weighted by Crippen LogP contribution is -2.25. The van der Waals surface area contributed by atoms with Crippen LogP contribution in [-0.4, -0.2) is 11.5 Å². The summed E-state index contributed by atoms with van der Waals surface area (Å²) in [6.45, 7) is 11.8. The topological polar surface area (TPSA) is 24.9 Å². The Morgan fingerprint density at radius 2 is 1.86 bits per heavy atom. The highest BCUT2D eigenvalue weighted by atomic mass is 14.9.